The zero-order valence-corrected chi connectivity index (χ0v) is 19.3. The van der Waals surface area contributed by atoms with Gasteiger partial charge in [0.05, 0.1) is 41.5 Å². The van der Waals surface area contributed by atoms with Crippen molar-refractivity contribution in [3.05, 3.63) is 88.0 Å². The van der Waals surface area contributed by atoms with Gasteiger partial charge in [-0.2, -0.15) is 0 Å². The molecular formula is C24H22N2O7S. The second-order valence-electron chi connectivity index (χ2n) is 7.72. The van der Waals surface area contributed by atoms with Gasteiger partial charge in [-0.3, -0.25) is 14.9 Å². The molecule has 0 bridgehead atoms. The number of hydrogen-bond donors (Lipinski definition) is 0. The van der Waals surface area contributed by atoms with Crippen molar-refractivity contribution in [3.8, 4) is 11.5 Å². The van der Waals surface area contributed by atoms with Crippen LogP contribution in [0.25, 0.3) is 0 Å². The van der Waals surface area contributed by atoms with Crippen molar-refractivity contribution in [2.45, 2.75) is 23.1 Å². The van der Waals surface area contributed by atoms with Crippen LogP contribution in [0, 0.1) is 10.1 Å². The van der Waals surface area contributed by atoms with Crippen LogP contribution in [0.3, 0.4) is 0 Å². The molecule has 1 amide bonds. The minimum Gasteiger partial charge on any atom is -0.493 e. The molecule has 34 heavy (non-hydrogen) atoms. The van der Waals surface area contributed by atoms with Crippen molar-refractivity contribution in [2.75, 3.05) is 19.1 Å². The number of carbonyl (C=O) groups excluding carboxylic acids is 1. The second kappa shape index (κ2) is 9.14. The van der Waals surface area contributed by atoms with Crippen LogP contribution in [0.1, 0.15) is 22.8 Å². The number of methoxy groups -OCH3 is 2. The maximum Gasteiger partial charge on any atom is 0.269 e. The van der Waals surface area contributed by atoms with E-state index in [-0.39, 0.29) is 35.1 Å². The van der Waals surface area contributed by atoms with Gasteiger partial charge in [0.2, 0.25) is 5.91 Å². The van der Waals surface area contributed by atoms with Gasteiger partial charge in [0, 0.05) is 18.6 Å². The number of non-ortho nitro benzene ring substituents is 1. The monoisotopic (exact) mass is 482 g/mol. The Morgan fingerprint density at radius 1 is 1.00 bits per heavy atom. The molecule has 1 aliphatic rings. The normalized spacial score (nSPS) is 16.9. The van der Waals surface area contributed by atoms with E-state index in [0.717, 1.165) is 0 Å². The molecule has 0 spiro atoms. The standard InChI is InChI=1S/C24H22N2O7S/c1-32-20-12-9-17(13-21(20)33-2)23-14-24(27)25(15-16-7-10-18(11-8-16)26(28)29)19-5-3-4-6-22(19)34(23,30)31/h3-13,23H,14-15H2,1-2H3. The third-order valence-corrected chi connectivity index (χ3v) is 7.91. The second-order valence-corrected chi connectivity index (χ2v) is 9.82. The Kier molecular flexibility index (Phi) is 6.25. The van der Waals surface area contributed by atoms with Crippen LogP contribution < -0.4 is 14.4 Å². The van der Waals surface area contributed by atoms with Gasteiger partial charge in [-0.1, -0.05) is 30.3 Å². The first-order chi connectivity index (χ1) is 16.3. The summed E-state index contributed by atoms with van der Waals surface area (Å²) in [5.74, 6) is 0.429. The Morgan fingerprint density at radius 3 is 2.32 bits per heavy atom. The zero-order valence-electron chi connectivity index (χ0n) is 18.5. The molecule has 10 heteroatoms. The summed E-state index contributed by atoms with van der Waals surface area (Å²) < 4.78 is 38.0. The Morgan fingerprint density at radius 2 is 1.68 bits per heavy atom. The van der Waals surface area contributed by atoms with Gasteiger partial charge in [0.15, 0.2) is 21.3 Å². The summed E-state index contributed by atoms with van der Waals surface area (Å²) in [7, 11) is -1.01. The van der Waals surface area contributed by atoms with E-state index in [1.165, 1.54) is 37.3 Å². The van der Waals surface area contributed by atoms with Crippen LogP contribution in [0.4, 0.5) is 11.4 Å². The number of benzene rings is 3. The lowest BCUT2D eigenvalue weighted by molar-refractivity contribution is -0.384. The first-order valence-electron chi connectivity index (χ1n) is 10.3. The minimum atomic E-state index is -3.94. The summed E-state index contributed by atoms with van der Waals surface area (Å²) in [4.78, 5) is 25.3. The first kappa shape index (κ1) is 23.2. The molecular weight excluding hydrogens is 460 g/mol. The molecule has 1 unspecified atom stereocenters. The minimum absolute atomic E-state index is 0.0440. The lowest BCUT2D eigenvalue weighted by Gasteiger charge is -2.22. The smallest absolute Gasteiger partial charge is 0.269 e. The van der Waals surface area contributed by atoms with E-state index in [0.29, 0.717) is 22.6 Å². The van der Waals surface area contributed by atoms with Crippen LogP contribution in [-0.2, 0) is 21.2 Å². The predicted octanol–water partition coefficient (Wildman–Crippen LogP) is 4.06. The van der Waals surface area contributed by atoms with Crippen molar-refractivity contribution >= 4 is 27.1 Å². The number of sulfone groups is 1. The summed E-state index contributed by atoms with van der Waals surface area (Å²) in [5.41, 5.74) is 1.25. The van der Waals surface area contributed by atoms with Gasteiger partial charge in [-0.05, 0) is 35.4 Å². The maximum absolute atomic E-state index is 13.7. The highest BCUT2D eigenvalue weighted by atomic mass is 32.2. The molecule has 1 heterocycles. The average molecular weight is 483 g/mol. The van der Waals surface area contributed by atoms with Crippen molar-refractivity contribution in [3.63, 3.8) is 0 Å². The largest absolute Gasteiger partial charge is 0.493 e. The number of anilines is 1. The quantitative estimate of drug-likeness (QED) is 0.384. The van der Waals surface area contributed by atoms with Gasteiger partial charge in [0.25, 0.3) is 5.69 Å². The molecule has 3 aromatic carbocycles. The van der Waals surface area contributed by atoms with Crippen molar-refractivity contribution in [2.24, 2.45) is 0 Å². The molecule has 0 N–H and O–H groups in total. The lowest BCUT2D eigenvalue weighted by atomic mass is 10.1. The number of rotatable bonds is 6. The van der Waals surface area contributed by atoms with E-state index in [2.05, 4.69) is 0 Å². The molecule has 176 valence electrons. The van der Waals surface area contributed by atoms with Crippen molar-refractivity contribution in [1.29, 1.82) is 0 Å². The fourth-order valence-corrected chi connectivity index (χ4v) is 5.93. The van der Waals surface area contributed by atoms with Crippen LogP contribution in [-0.4, -0.2) is 33.5 Å². The summed E-state index contributed by atoms with van der Waals surface area (Å²) in [6.45, 7) is 0.0714. The Labute approximate surface area is 196 Å². The SMILES string of the molecule is COc1ccc(C2CC(=O)N(Cc3ccc([N+](=O)[O-])cc3)c3ccccc3S2(=O)=O)cc1OC. The summed E-state index contributed by atoms with van der Waals surface area (Å²) in [5, 5.41) is 9.83. The number of fused-ring (bicyclic) bond motifs is 1. The maximum atomic E-state index is 13.7. The number of nitro benzene ring substituents is 1. The molecule has 0 saturated heterocycles. The molecule has 3 aromatic rings. The topological polar surface area (TPSA) is 116 Å². The van der Waals surface area contributed by atoms with Gasteiger partial charge in [-0.25, -0.2) is 8.42 Å². The van der Waals surface area contributed by atoms with Gasteiger partial charge < -0.3 is 14.4 Å². The molecule has 1 aliphatic heterocycles. The molecule has 0 radical (unpaired) electrons. The summed E-state index contributed by atoms with van der Waals surface area (Å²) in [6.07, 6.45) is -0.278. The highest BCUT2D eigenvalue weighted by Gasteiger charge is 2.39. The number of nitrogens with zero attached hydrogens (tertiary/aromatic N) is 2. The van der Waals surface area contributed by atoms with E-state index in [4.69, 9.17) is 9.47 Å². The number of amides is 1. The lowest BCUT2D eigenvalue weighted by Crippen LogP contribution is -2.30. The summed E-state index contributed by atoms with van der Waals surface area (Å²) >= 11 is 0. The highest BCUT2D eigenvalue weighted by Crippen LogP contribution is 2.43. The fourth-order valence-electron chi connectivity index (χ4n) is 4.02. The molecule has 9 nitrogen and oxygen atoms in total. The number of hydrogen-bond acceptors (Lipinski definition) is 7. The molecule has 0 saturated carbocycles. The van der Waals surface area contributed by atoms with Gasteiger partial charge >= 0.3 is 0 Å². The van der Waals surface area contributed by atoms with Crippen molar-refractivity contribution in [1.82, 2.24) is 0 Å². The molecule has 0 fully saturated rings. The third-order valence-electron chi connectivity index (χ3n) is 5.77. The Balaban J connectivity index is 1.78. The van der Waals surface area contributed by atoms with E-state index < -0.39 is 20.0 Å². The number of para-hydroxylation sites is 1. The number of ether oxygens (including phenoxy) is 2. The van der Waals surface area contributed by atoms with Gasteiger partial charge in [0.1, 0.15) is 0 Å². The van der Waals surface area contributed by atoms with E-state index in [1.54, 1.807) is 48.5 Å². The van der Waals surface area contributed by atoms with Crippen LogP contribution in [0.2, 0.25) is 0 Å². The number of nitro groups is 1. The molecule has 4 rings (SSSR count). The highest BCUT2D eigenvalue weighted by molar-refractivity contribution is 7.92. The first-order valence-corrected chi connectivity index (χ1v) is 11.9. The Hall–Kier alpha value is -3.92. The van der Waals surface area contributed by atoms with Gasteiger partial charge in [-0.15, -0.1) is 0 Å². The van der Waals surface area contributed by atoms with Crippen LogP contribution >= 0.6 is 0 Å². The van der Waals surface area contributed by atoms with Crippen LogP contribution in [0.5, 0.6) is 11.5 Å². The van der Waals surface area contributed by atoms with Crippen molar-refractivity contribution < 1.29 is 27.6 Å². The summed E-state index contributed by atoms with van der Waals surface area (Å²) in [6, 6.07) is 17.0. The fraction of sp³-hybridized carbons (Fsp3) is 0.208. The van der Waals surface area contributed by atoms with Crippen LogP contribution in [0.15, 0.2) is 71.6 Å². The van der Waals surface area contributed by atoms with E-state index >= 15 is 0 Å². The Bertz CT molecular complexity index is 1350. The number of carbonyl (C=O) groups is 1. The zero-order chi connectivity index (χ0) is 24.5. The molecule has 1 atom stereocenters. The predicted molar refractivity (Wildman–Crippen MR) is 125 cm³/mol. The van der Waals surface area contributed by atoms with E-state index in [1.807, 2.05) is 0 Å². The average Bonchev–Trinajstić information content (AvgIpc) is 2.92. The third kappa shape index (κ3) is 4.19. The molecule has 0 aliphatic carbocycles. The molecule has 0 aromatic heterocycles. The van der Waals surface area contributed by atoms with E-state index in [9.17, 15) is 23.3 Å².